The molecule has 0 bridgehead atoms. The molecule has 0 aliphatic rings. The molecule has 82 valence electrons. The Morgan fingerprint density at radius 2 is 2.27 bits per heavy atom. The molecule has 2 N–H and O–H groups in total. The minimum absolute atomic E-state index is 0.696. The summed E-state index contributed by atoms with van der Waals surface area (Å²) in [5.41, 5.74) is 7.21. The second-order valence-corrected chi connectivity index (χ2v) is 4.28. The number of nitrogens with zero attached hydrogens (tertiary/aromatic N) is 3. The normalized spacial score (nSPS) is 14.6. The zero-order chi connectivity index (χ0) is 11.5. The molecule has 0 radical (unpaired) electrons. The Labute approximate surface area is 90.7 Å². The average molecular weight is 206 g/mol. The summed E-state index contributed by atoms with van der Waals surface area (Å²) < 4.78 is 1.96. The van der Waals surface area contributed by atoms with Crippen molar-refractivity contribution >= 4 is 0 Å². The van der Waals surface area contributed by atoms with Crippen LogP contribution in [0.1, 0.15) is 31.2 Å². The summed E-state index contributed by atoms with van der Waals surface area (Å²) in [6.07, 6.45) is 1.57. The van der Waals surface area contributed by atoms with Gasteiger partial charge in [-0.15, -0.1) is 0 Å². The summed E-state index contributed by atoms with van der Waals surface area (Å²) in [6.45, 7) is 6.60. The van der Waals surface area contributed by atoms with E-state index in [1.54, 1.807) is 6.92 Å². The van der Waals surface area contributed by atoms with Gasteiger partial charge >= 0.3 is 0 Å². The topological polar surface area (TPSA) is 67.6 Å². The maximum Gasteiger partial charge on any atom is 0.101 e. The van der Waals surface area contributed by atoms with Crippen LogP contribution in [0.3, 0.4) is 0 Å². The minimum Gasteiger partial charge on any atom is -0.314 e. The van der Waals surface area contributed by atoms with Crippen LogP contribution in [0.4, 0.5) is 0 Å². The van der Waals surface area contributed by atoms with Crippen LogP contribution < -0.4 is 5.73 Å². The molecule has 4 nitrogen and oxygen atoms in total. The minimum atomic E-state index is -0.712. The van der Waals surface area contributed by atoms with Crippen LogP contribution >= 0.6 is 0 Å². The van der Waals surface area contributed by atoms with Gasteiger partial charge in [-0.1, -0.05) is 0 Å². The summed E-state index contributed by atoms with van der Waals surface area (Å²) in [5, 5.41) is 13.1. The van der Waals surface area contributed by atoms with E-state index in [0.29, 0.717) is 6.42 Å². The van der Waals surface area contributed by atoms with Gasteiger partial charge in [-0.25, -0.2) is 0 Å². The Balaban J connectivity index is 2.46. The standard InChI is InChI=1S/C11H18N4/c1-9-7-10(2)15(14-9)6-4-5-11(3,13)8-12/h7H,4-6,13H2,1-3H3. The summed E-state index contributed by atoms with van der Waals surface area (Å²) in [6, 6.07) is 4.14. The van der Waals surface area contributed by atoms with Crippen molar-refractivity contribution in [2.75, 3.05) is 0 Å². The van der Waals surface area contributed by atoms with E-state index in [-0.39, 0.29) is 0 Å². The van der Waals surface area contributed by atoms with E-state index in [4.69, 9.17) is 11.0 Å². The number of hydrogen-bond acceptors (Lipinski definition) is 3. The number of rotatable bonds is 4. The lowest BCUT2D eigenvalue weighted by molar-refractivity contribution is 0.466. The van der Waals surface area contributed by atoms with Crippen LogP contribution in [-0.2, 0) is 6.54 Å². The Morgan fingerprint density at radius 3 is 2.73 bits per heavy atom. The Kier molecular flexibility index (Phi) is 3.48. The first-order chi connectivity index (χ1) is 6.94. The third-order valence-electron chi connectivity index (χ3n) is 2.42. The highest BCUT2D eigenvalue weighted by Crippen LogP contribution is 2.10. The molecule has 1 atom stereocenters. The van der Waals surface area contributed by atoms with Crippen molar-refractivity contribution in [3.8, 4) is 6.07 Å². The Hall–Kier alpha value is -1.34. The van der Waals surface area contributed by atoms with Gasteiger partial charge in [0.15, 0.2) is 0 Å². The van der Waals surface area contributed by atoms with E-state index in [2.05, 4.69) is 11.2 Å². The van der Waals surface area contributed by atoms with Crippen LogP contribution in [0.15, 0.2) is 6.07 Å². The van der Waals surface area contributed by atoms with Crippen molar-refractivity contribution in [2.45, 2.75) is 45.7 Å². The third kappa shape index (κ3) is 3.37. The monoisotopic (exact) mass is 206 g/mol. The molecular weight excluding hydrogens is 188 g/mol. The smallest absolute Gasteiger partial charge is 0.101 e. The van der Waals surface area contributed by atoms with Crippen molar-refractivity contribution in [1.29, 1.82) is 5.26 Å². The van der Waals surface area contributed by atoms with Gasteiger partial charge in [0.2, 0.25) is 0 Å². The van der Waals surface area contributed by atoms with Gasteiger partial charge in [0.25, 0.3) is 0 Å². The first-order valence-electron chi connectivity index (χ1n) is 5.16. The van der Waals surface area contributed by atoms with Gasteiger partial charge in [-0.3, -0.25) is 4.68 Å². The highest BCUT2D eigenvalue weighted by atomic mass is 15.3. The quantitative estimate of drug-likeness (QED) is 0.812. The van der Waals surface area contributed by atoms with Crippen molar-refractivity contribution in [2.24, 2.45) is 5.73 Å². The molecule has 1 unspecified atom stereocenters. The molecule has 15 heavy (non-hydrogen) atoms. The predicted molar refractivity (Wildman–Crippen MR) is 59.1 cm³/mol. The van der Waals surface area contributed by atoms with Crippen LogP contribution in [0, 0.1) is 25.2 Å². The summed E-state index contributed by atoms with van der Waals surface area (Å²) in [5.74, 6) is 0. The fourth-order valence-electron chi connectivity index (χ4n) is 1.55. The fourth-order valence-corrected chi connectivity index (χ4v) is 1.55. The largest absolute Gasteiger partial charge is 0.314 e. The molecule has 0 saturated heterocycles. The second-order valence-electron chi connectivity index (χ2n) is 4.28. The van der Waals surface area contributed by atoms with Gasteiger partial charge < -0.3 is 5.73 Å². The Bertz CT molecular complexity index is 370. The highest BCUT2D eigenvalue weighted by Gasteiger charge is 2.16. The second kappa shape index (κ2) is 4.45. The molecule has 0 amide bonds. The number of nitrogens with two attached hydrogens (primary N) is 1. The number of aromatic nitrogens is 2. The summed E-state index contributed by atoms with van der Waals surface area (Å²) >= 11 is 0. The van der Waals surface area contributed by atoms with Gasteiger partial charge in [-0.05, 0) is 39.7 Å². The lowest BCUT2D eigenvalue weighted by atomic mass is 9.99. The molecule has 0 fully saturated rings. The van der Waals surface area contributed by atoms with Crippen molar-refractivity contribution < 1.29 is 0 Å². The summed E-state index contributed by atoms with van der Waals surface area (Å²) in [4.78, 5) is 0. The Morgan fingerprint density at radius 1 is 1.60 bits per heavy atom. The van der Waals surface area contributed by atoms with Crippen LogP contribution in [-0.4, -0.2) is 15.3 Å². The van der Waals surface area contributed by atoms with E-state index >= 15 is 0 Å². The lowest BCUT2D eigenvalue weighted by Crippen LogP contribution is -2.34. The predicted octanol–water partition coefficient (Wildman–Crippen LogP) is 1.52. The number of nitriles is 1. The first kappa shape index (κ1) is 11.7. The molecule has 0 aliphatic heterocycles. The first-order valence-corrected chi connectivity index (χ1v) is 5.16. The molecule has 0 saturated carbocycles. The van der Waals surface area contributed by atoms with Crippen LogP contribution in [0.5, 0.6) is 0 Å². The molecule has 0 spiro atoms. The molecule has 4 heteroatoms. The molecular formula is C11H18N4. The SMILES string of the molecule is Cc1cc(C)n(CCCC(C)(N)C#N)n1. The van der Waals surface area contributed by atoms with E-state index in [1.165, 1.54) is 0 Å². The maximum atomic E-state index is 8.75. The number of aryl methyl sites for hydroxylation is 3. The molecule has 1 rings (SSSR count). The van der Waals surface area contributed by atoms with Gasteiger partial charge in [0.1, 0.15) is 5.54 Å². The van der Waals surface area contributed by atoms with E-state index in [0.717, 1.165) is 24.4 Å². The zero-order valence-electron chi connectivity index (χ0n) is 9.62. The van der Waals surface area contributed by atoms with E-state index in [9.17, 15) is 0 Å². The molecule has 0 aromatic carbocycles. The van der Waals surface area contributed by atoms with E-state index < -0.39 is 5.54 Å². The van der Waals surface area contributed by atoms with E-state index in [1.807, 2.05) is 24.6 Å². The van der Waals surface area contributed by atoms with Crippen molar-refractivity contribution in [1.82, 2.24) is 9.78 Å². The van der Waals surface area contributed by atoms with Crippen LogP contribution in [0.2, 0.25) is 0 Å². The van der Waals surface area contributed by atoms with Gasteiger partial charge in [0, 0.05) is 12.2 Å². The number of hydrogen-bond donors (Lipinski definition) is 1. The fraction of sp³-hybridized carbons (Fsp3) is 0.636. The maximum absolute atomic E-state index is 8.75. The molecule has 1 aromatic heterocycles. The van der Waals surface area contributed by atoms with Gasteiger partial charge in [-0.2, -0.15) is 10.4 Å². The van der Waals surface area contributed by atoms with Crippen LogP contribution in [0.25, 0.3) is 0 Å². The van der Waals surface area contributed by atoms with Crippen molar-refractivity contribution in [3.05, 3.63) is 17.5 Å². The van der Waals surface area contributed by atoms with Gasteiger partial charge in [0.05, 0.1) is 11.8 Å². The molecule has 1 heterocycles. The molecule has 1 aromatic rings. The lowest BCUT2D eigenvalue weighted by Gasteiger charge is -2.14. The highest BCUT2D eigenvalue weighted by molar-refractivity contribution is 5.06. The zero-order valence-corrected chi connectivity index (χ0v) is 9.62. The summed E-state index contributed by atoms with van der Waals surface area (Å²) in [7, 11) is 0. The average Bonchev–Trinajstić information content (AvgIpc) is 2.45. The van der Waals surface area contributed by atoms with Crippen molar-refractivity contribution in [3.63, 3.8) is 0 Å². The third-order valence-corrected chi connectivity index (χ3v) is 2.42. The molecule has 0 aliphatic carbocycles.